The van der Waals surface area contributed by atoms with Crippen molar-refractivity contribution >= 4 is 11.6 Å². The molecule has 1 fully saturated rings. The third kappa shape index (κ3) is 3.45. The van der Waals surface area contributed by atoms with Gasteiger partial charge in [-0.3, -0.25) is 4.79 Å². The number of carbonyl (C=O) groups is 1. The van der Waals surface area contributed by atoms with Crippen molar-refractivity contribution in [2.24, 2.45) is 5.92 Å². The van der Waals surface area contributed by atoms with Crippen LogP contribution in [0.3, 0.4) is 0 Å². The molecule has 1 aromatic heterocycles. The van der Waals surface area contributed by atoms with Gasteiger partial charge < -0.3 is 14.2 Å². The second-order valence-electron chi connectivity index (χ2n) is 7.22. The van der Waals surface area contributed by atoms with Gasteiger partial charge in [0, 0.05) is 18.5 Å². The van der Waals surface area contributed by atoms with Gasteiger partial charge in [-0.15, -0.1) is 0 Å². The molecule has 0 radical (unpaired) electrons. The van der Waals surface area contributed by atoms with Gasteiger partial charge in [-0.1, -0.05) is 37.8 Å². The Morgan fingerprint density at radius 1 is 1.27 bits per heavy atom. The first-order valence-electron chi connectivity index (χ1n) is 9.64. The molecule has 0 bridgehead atoms. The lowest BCUT2D eigenvalue weighted by Crippen LogP contribution is -2.39. The van der Waals surface area contributed by atoms with E-state index in [1.165, 1.54) is 25.7 Å². The number of ether oxygens (including phenoxy) is 1. The van der Waals surface area contributed by atoms with E-state index in [2.05, 4.69) is 17.1 Å². The minimum atomic E-state index is -0.0122. The largest absolute Gasteiger partial charge is 0.482 e. The van der Waals surface area contributed by atoms with E-state index in [0.717, 1.165) is 42.2 Å². The topological polar surface area (TPSA) is 68.5 Å². The van der Waals surface area contributed by atoms with Gasteiger partial charge in [0.05, 0.1) is 5.69 Å². The van der Waals surface area contributed by atoms with Gasteiger partial charge in [-0.25, -0.2) is 0 Å². The van der Waals surface area contributed by atoms with E-state index in [0.29, 0.717) is 18.3 Å². The fourth-order valence-corrected chi connectivity index (χ4v) is 3.91. The van der Waals surface area contributed by atoms with Crippen LogP contribution in [-0.4, -0.2) is 29.2 Å². The standard InChI is InChI=1S/C20H25N3O3/c1-2-11-23-16-12-15(8-9-17(16)25-13-19(23)24)20-21-18(26-22-20)10-7-14-5-3-4-6-14/h8-9,12,14H,2-7,10-11,13H2,1H3. The van der Waals surface area contributed by atoms with Gasteiger partial charge >= 0.3 is 0 Å². The molecule has 0 N–H and O–H groups in total. The Hall–Kier alpha value is -2.37. The lowest BCUT2D eigenvalue weighted by molar-refractivity contribution is -0.121. The molecule has 6 heteroatoms. The van der Waals surface area contributed by atoms with Crippen LogP contribution in [-0.2, 0) is 11.2 Å². The minimum absolute atomic E-state index is 0.0122. The molecule has 2 heterocycles. The first-order valence-corrected chi connectivity index (χ1v) is 9.64. The summed E-state index contributed by atoms with van der Waals surface area (Å²) in [6.07, 6.45) is 8.21. The van der Waals surface area contributed by atoms with Crippen LogP contribution in [0.4, 0.5) is 5.69 Å². The van der Waals surface area contributed by atoms with Gasteiger partial charge in [-0.05, 0) is 37.0 Å². The number of aryl methyl sites for hydroxylation is 1. The third-order valence-electron chi connectivity index (χ3n) is 5.32. The maximum atomic E-state index is 12.2. The molecule has 6 nitrogen and oxygen atoms in total. The Kier molecular flexibility index (Phi) is 4.91. The molecule has 0 spiro atoms. The molecule has 2 aliphatic rings. The molecule has 1 aliphatic heterocycles. The lowest BCUT2D eigenvalue weighted by atomic mass is 10.0. The second-order valence-corrected chi connectivity index (χ2v) is 7.22. The first-order chi connectivity index (χ1) is 12.7. The van der Waals surface area contributed by atoms with E-state index >= 15 is 0 Å². The normalized spacial score (nSPS) is 17.4. The molecule has 1 amide bonds. The summed E-state index contributed by atoms with van der Waals surface area (Å²) in [4.78, 5) is 18.5. The maximum absolute atomic E-state index is 12.2. The number of carbonyl (C=O) groups excluding carboxylic acids is 1. The highest BCUT2D eigenvalue weighted by Crippen LogP contribution is 2.35. The Balaban J connectivity index is 1.52. The number of amides is 1. The van der Waals surface area contributed by atoms with Crippen molar-refractivity contribution < 1.29 is 14.1 Å². The van der Waals surface area contributed by atoms with E-state index in [1.807, 2.05) is 18.2 Å². The smallest absolute Gasteiger partial charge is 0.265 e. The number of hydrogen-bond donors (Lipinski definition) is 0. The lowest BCUT2D eigenvalue weighted by Gasteiger charge is -2.29. The van der Waals surface area contributed by atoms with Gasteiger partial charge in [0.25, 0.3) is 5.91 Å². The number of benzene rings is 1. The average Bonchev–Trinajstić information content (AvgIpc) is 3.33. The number of anilines is 1. The zero-order valence-electron chi connectivity index (χ0n) is 15.2. The number of rotatable bonds is 6. The first kappa shape index (κ1) is 17.1. The molecule has 1 aromatic carbocycles. The predicted molar refractivity (Wildman–Crippen MR) is 98.2 cm³/mol. The molecule has 0 saturated heterocycles. The van der Waals surface area contributed by atoms with Crippen molar-refractivity contribution in [3.05, 3.63) is 24.1 Å². The summed E-state index contributed by atoms with van der Waals surface area (Å²) in [5, 5.41) is 4.14. The number of aromatic nitrogens is 2. The maximum Gasteiger partial charge on any atom is 0.265 e. The molecular formula is C20H25N3O3. The molecule has 4 rings (SSSR count). The summed E-state index contributed by atoms with van der Waals surface area (Å²) in [6.45, 7) is 2.83. The summed E-state index contributed by atoms with van der Waals surface area (Å²) >= 11 is 0. The van der Waals surface area contributed by atoms with Crippen molar-refractivity contribution in [2.45, 2.75) is 51.9 Å². The van der Waals surface area contributed by atoms with Crippen LogP contribution in [0.15, 0.2) is 22.7 Å². The van der Waals surface area contributed by atoms with Crippen LogP contribution in [0.2, 0.25) is 0 Å². The summed E-state index contributed by atoms with van der Waals surface area (Å²) in [6, 6.07) is 5.73. The van der Waals surface area contributed by atoms with E-state index in [9.17, 15) is 4.79 Å². The number of hydrogen-bond acceptors (Lipinski definition) is 5. The Morgan fingerprint density at radius 3 is 2.92 bits per heavy atom. The molecule has 1 aliphatic carbocycles. The van der Waals surface area contributed by atoms with Crippen LogP contribution in [0, 0.1) is 5.92 Å². The summed E-state index contributed by atoms with van der Waals surface area (Å²) in [7, 11) is 0. The highest BCUT2D eigenvalue weighted by molar-refractivity contribution is 5.98. The van der Waals surface area contributed by atoms with Crippen molar-refractivity contribution in [1.29, 1.82) is 0 Å². The van der Waals surface area contributed by atoms with Crippen LogP contribution in [0.5, 0.6) is 5.75 Å². The average molecular weight is 355 g/mol. The summed E-state index contributed by atoms with van der Waals surface area (Å²) in [5.41, 5.74) is 1.64. The van der Waals surface area contributed by atoms with Gasteiger partial charge in [0.1, 0.15) is 5.75 Å². The summed E-state index contributed by atoms with van der Waals surface area (Å²) < 4.78 is 11.0. The van der Waals surface area contributed by atoms with Crippen molar-refractivity contribution in [2.75, 3.05) is 18.1 Å². The monoisotopic (exact) mass is 355 g/mol. The van der Waals surface area contributed by atoms with Crippen LogP contribution < -0.4 is 9.64 Å². The Bertz CT molecular complexity index is 780. The number of nitrogens with zero attached hydrogens (tertiary/aromatic N) is 3. The van der Waals surface area contributed by atoms with Crippen LogP contribution in [0.1, 0.15) is 51.3 Å². The zero-order chi connectivity index (χ0) is 17.9. The van der Waals surface area contributed by atoms with Gasteiger partial charge in [-0.2, -0.15) is 4.98 Å². The molecule has 0 unspecified atom stereocenters. The fourth-order valence-electron chi connectivity index (χ4n) is 3.91. The van der Waals surface area contributed by atoms with Gasteiger partial charge in [0.15, 0.2) is 6.61 Å². The number of fused-ring (bicyclic) bond motifs is 1. The molecular weight excluding hydrogens is 330 g/mol. The summed E-state index contributed by atoms with van der Waals surface area (Å²) in [5.74, 6) is 2.79. The van der Waals surface area contributed by atoms with Crippen molar-refractivity contribution in [3.8, 4) is 17.1 Å². The third-order valence-corrected chi connectivity index (χ3v) is 5.32. The van der Waals surface area contributed by atoms with E-state index in [1.54, 1.807) is 4.90 Å². The highest BCUT2D eigenvalue weighted by atomic mass is 16.5. The zero-order valence-corrected chi connectivity index (χ0v) is 15.2. The minimum Gasteiger partial charge on any atom is -0.482 e. The second kappa shape index (κ2) is 7.48. The molecule has 138 valence electrons. The SMILES string of the molecule is CCCN1C(=O)COc2ccc(-c3noc(CCC4CCCC4)n3)cc21. The Morgan fingerprint density at radius 2 is 2.12 bits per heavy atom. The molecule has 0 atom stereocenters. The quantitative estimate of drug-likeness (QED) is 0.783. The fraction of sp³-hybridized carbons (Fsp3) is 0.550. The molecule has 26 heavy (non-hydrogen) atoms. The van der Waals surface area contributed by atoms with Crippen LogP contribution in [0.25, 0.3) is 11.4 Å². The highest BCUT2D eigenvalue weighted by Gasteiger charge is 2.26. The molecule has 1 saturated carbocycles. The van der Waals surface area contributed by atoms with E-state index in [4.69, 9.17) is 9.26 Å². The van der Waals surface area contributed by atoms with Crippen molar-refractivity contribution in [3.63, 3.8) is 0 Å². The Labute approximate surface area is 153 Å². The van der Waals surface area contributed by atoms with Crippen molar-refractivity contribution in [1.82, 2.24) is 10.1 Å². The van der Waals surface area contributed by atoms with E-state index in [-0.39, 0.29) is 12.5 Å². The molecule has 2 aromatic rings. The van der Waals surface area contributed by atoms with Crippen LogP contribution >= 0.6 is 0 Å². The predicted octanol–water partition coefficient (Wildman–Crippen LogP) is 3.99. The van der Waals surface area contributed by atoms with Gasteiger partial charge in [0.2, 0.25) is 11.7 Å². The van der Waals surface area contributed by atoms with E-state index < -0.39 is 0 Å².